The number of aryl methyl sites for hydroxylation is 1. The van der Waals surface area contributed by atoms with Crippen molar-refractivity contribution in [2.75, 3.05) is 20.1 Å². The molecule has 0 bridgehead atoms. The van der Waals surface area contributed by atoms with Gasteiger partial charge in [-0.2, -0.15) is 0 Å². The Morgan fingerprint density at radius 1 is 0.730 bits per heavy atom. The first-order chi connectivity index (χ1) is 17.9. The van der Waals surface area contributed by atoms with E-state index in [1.807, 2.05) is 61.5 Å². The van der Waals surface area contributed by atoms with Crippen LogP contribution < -0.4 is 4.72 Å². The first-order valence-electron chi connectivity index (χ1n) is 12.8. The van der Waals surface area contributed by atoms with Crippen LogP contribution in [-0.4, -0.2) is 33.5 Å². The van der Waals surface area contributed by atoms with Gasteiger partial charge >= 0.3 is 0 Å². The molecule has 0 unspecified atom stereocenters. The highest BCUT2D eigenvalue weighted by atomic mass is 32.2. The lowest BCUT2D eigenvalue weighted by Gasteiger charge is -2.36. The third-order valence-corrected chi connectivity index (χ3v) is 8.40. The first-order valence-corrected chi connectivity index (χ1v) is 14.3. The van der Waals surface area contributed by atoms with Gasteiger partial charge in [-0.1, -0.05) is 109 Å². The molecule has 4 aromatic carbocycles. The molecule has 4 rings (SSSR count). The maximum Gasteiger partial charge on any atom is 0.240 e. The molecule has 0 saturated heterocycles. The maximum atomic E-state index is 13.3. The van der Waals surface area contributed by atoms with Crippen molar-refractivity contribution in [2.45, 2.75) is 36.6 Å². The van der Waals surface area contributed by atoms with Crippen LogP contribution in [0.4, 0.5) is 0 Å². The van der Waals surface area contributed by atoms with E-state index in [9.17, 15) is 8.42 Å². The highest BCUT2D eigenvalue weighted by molar-refractivity contribution is 7.89. The van der Waals surface area contributed by atoms with Crippen LogP contribution in [0.1, 0.15) is 35.1 Å². The molecule has 0 aliphatic heterocycles. The average molecular weight is 513 g/mol. The van der Waals surface area contributed by atoms with Crippen LogP contribution in [0.3, 0.4) is 0 Å². The summed E-state index contributed by atoms with van der Waals surface area (Å²) in [5.74, 6) is 0. The van der Waals surface area contributed by atoms with Crippen molar-refractivity contribution in [1.82, 2.24) is 9.62 Å². The lowest BCUT2D eigenvalue weighted by molar-refractivity contribution is 0.302. The summed E-state index contributed by atoms with van der Waals surface area (Å²) in [6, 6.07) is 38.0. The molecule has 37 heavy (non-hydrogen) atoms. The fourth-order valence-corrected chi connectivity index (χ4v) is 6.00. The number of hydrogen-bond donors (Lipinski definition) is 1. The highest BCUT2D eigenvalue weighted by Crippen LogP contribution is 2.37. The van der Waals surface area contributed by atoms with E-state index in [1.54, 1.807) is 12.1 Å². The monoisotopic (exact) mass is 512 g/mol. The van der Waals surface area contributed by atoms with Crippen molar-refractivity contribution >= 4 is 10.0 Å². The van der Waals surface area contributed by atoms with Gasteiger partial charge in [0.1, 0.15) is 0 Å². The number of rotatable bonds is 12. The van der Waals surface area contributed by atoms with Crippen molar-refractivity contribution in [2.24, 2.45) is 0 Å². The van der Waals surface area contributed by atoms with E-state index in [4.69, 9.17) is 0 Å². The number of benzene rings is 4. The maximum absolute atomic E-state index is 13.3. The lowest BCUT2D eigenvalue weighted by atomic mass is 9.71. The summed E-state index contributed by atoms with van der Waals surface area (Å²) in [7, 11) is -1.53. The zero-order valence-electron chi connectivity index (χ0n) is 21.7. The Balaban J connectivity index is 1.61. The molecule has 0 spiro atoms. The topological polar surface area (TPSA) is 49.4 Å². The minimum atomic E-state index is -3.67. The normalized spacial score (nSPS) is 12.1. The van der Waals surface area contributed by atoms with E-state index < -0.39 is 15.4 Å². The summed E-state index contributed by atoms with van der Waals surface area (Å²) in [6.07, 6.45) is 1.72. The van der Waals surface area contributed by atoms with Gasteiger partial charge in [0.25, 0.3) is 0 Å². The van der Waals surface area contributed by atoms with Crippen molar-refractivity contribution in [3.63, 3.8) is 0 Å². The van der Waals surface area contributed by atoms with E-state index in [0.717, 1.165) is 42.6 Å². The quantitative estimate of drug-likeness (QED) is 0.247. The average Bonchev–Trinajstić information content (AvgIpc) is 2.92. The third-order valence-electron chi connectivity index (χ3n) is 6.99. The van der Waals surface area contributed by atoms with Gasteiger partial charge in [-0.3, -0.25) is 0 Å². The number of nitrogens with one attached hydrogen (secondary N) is 1. The second-order valence-corrected chi connectivity index (χ2v) is 11.5. The summed E-state index contributed by atoms with van der Waals surface area (Å²) < 4.78 is 29.6. The van der Waals surface area contributed by atoms with Gasteiger partial charge in [0.05, 0.1) is 4.90 Å². The molecule has 0 aliphatic carbocycles. The third kappa shape index (κ3) is 6.95. The Morgan fingerprint density at radius 3 is 1.78 bits per heavy atom. The highest BCUT2D eigenvalue weighted by Gasteiger charge is 2.35. The molecule has 1 N–H and O–H groups in total. The molecule has 4 aromatic rings. The molecule has 0 heterocycles. The number of hydrogen-bond acceptors (Lipinski definition) is 3. The van der Waals surface area contributed by atoms with E-state index in [2.05, 4.69) is 65.2 Å². The van der Waals surface area contributed by atoms with Crippen LogP contribution in [0.5, 0.6) is 0 Å². The molecule has 0 saturated carbocycles. The minimum absolute atomic E-state index is 0.277. The molecule has 192 valence electrons. The van der Waals surface area contributed by atoms with Crippen LogP contribution in [0.15, 0.2) is 120 Å². The van der Waals surface area contributed by atoms with Crippen molar-refractivity contribution in [3.05, 3.63) is 138 Å². The van der Waals surface area contributed by atoms with E-state index in [1.165, 1.54) is 5.56 Å². The molecular weight excluding hydrogens is 476 g/mol. The van der Waals surface area contributed by atoms with E-state index >= 15 is 0 Å². The summed E-state index contributed by atoms with van der Waals surface area (Å²) >= 11 is 0. The second kappa shape index (κ2) is 12.3. The van der Waals surface area contributed by atoms with E-state index in [-0.39, 0.29) is 11.4 Å². The predicted octanol–water partition coefficient (Wildman–Crippen LogP) is 6.17. The largest absolute Gasteiger partial charge is 0.302 e. The zero-order chi connectivity index (χ0) is 26.1. The Morgan fingerprint density at radius 2 is 1.24 bits per heavy atom. The molecule has 0 atom stereocenters. The van der Waals surface area contributed by atoms with E-state index in [0.29, 0.717) is 0 Å². The van der Waals surface area contributed by atoms with Crippen LogP contribution in [-0.2, 0) is 22.0 Å². The fourth-order valence-electron chi connectivity index (χ4n) is 4.91. The predicted molar refractivity (Wildman–Crippen MR) is 152 cm³/mol. The van der Waals surface area contributed by atoms with Crippen LogP contribution in [0, 0.1) is 6.92 Å². The van der Waals surface area contributed by atoms with Crippen molar-refractivity contribution in [3.8, 4) is 0 Å². The second-order valence-electron chi connectivity index (χ2n) is 9.78. The van der Waals surface area contributed by atoms with Crippen LogP contribution in [0.2, 0.25) is 0 Å². The van der Waals surface area contributed by atoms with Crippen LogP contribution in [0.25, 0.3) is 0 Å². The SMILES string of the molecule is Cc1ccc(S(=O)(=O)NCC(CCCN(C)Cc2ccccc2)(c2ccccc2)c2ccccc2)cc1. The number of nitrogens with zero attached hydrogens (tertiary/aromatic N) is 1. The molecule has 0 aromatic heterocycles. The summed E-state index contributed by atoms with van der Waals surface area (Å²) in [5.41, 5.74) is 4.03. The standard InChI is InChI=1S/C32H36N2O2S/c1-27-19-21-31(22-20-27)37(35,36)33-26-32(29-15-8-4-9-16-29,30-17-10-5-11-18-30)23-12-24-34(2)25-28-13-6-3-7-14-28/h3-11,13-22,33H,12,23-26H2,1-2H3. The Labute approximate surface area is 222 Å². The molecule has 0 fully saturated rings. The molecule has 0 aliphatic rings. The van der Waals surface area contributed by atoms with Gasteiger partial charge in [-0.15, -0.1) is 0 Å². The fraction of sp³-hybridized carbons (Fsp3) is 0.250. The molecule has 0 radical (unpaired) electrons. The molecular formula is C32H36N2O2S. The van der Waals surface area contributed by atoms with Gasteiger partial charge in [0, 0.05) is 18.5 Å². The Kier molecular flexibility index (Phi) is 8.93. The van der Waals surface area contributed by atoms with Crippen molar-refractivity contribution in [1.29, 1.82) is 0 Å². The minimum Gasteiger partial charge on any atom is -0.302 e. The summed E-state index contributed by atoms with van der Waals surface area (Å²) in [5, 5.41) is 0. The Hall–Kier alpha value is -3.25. The molecule has 4 nitrogen and oxygen atoms in total. The van der Waals surface area contributed by atoms with Gasteiger partial charge in [-0.25, -0.2) is 13.1 Å². The zero-order valence-corrected chi connectivity index (χ0v) is 22.5. The van der Waals surface area contributed by atoms with Gasteiger partial charge in [0.2, 0.25) is 10.0 Å². The number of sulfonamides is 1. The van der Waals surface area contributed by atoms with Gasteiger partial charge in [0.15, 0.2) is 0 Å². The Bertz CT molecular complexity index is 1300. The van der Waals surface area contributed by atoms with Crippen LogP contribution >= 0.6 is 0 Å². The van der Waals surface area contributed by atoms with Gasteiger partial charge < -0.3 is 4.90 Å². The van der Waals surface area contributed by atoms with Gasteiger partial charge in [-0.05, 0) is 62.2 Å². The lowest BCUT2D eigenvalue weighted by Crippen LogP contribution is -2.42. The molecule has 0 amide bonds. The smallest absolute Gasteiger partial charge is 0.240 e. The van der Waals surface area contributed by atoms with Crippen molar-refractivity contribution < 1.29 is 8.42 Å². The summed E-state index contributed by atoms with van der Waals surface area (Å²) in [6.45, 7) is 4.01. The first kappa shape index (κ1) is 26.8. The summed E-state index contributed by atoms with van der Waals surface area (Å²) in [4.78, 5) is 2.61. The molecule has 5 heteroatoms.